The highest BCUT2D eigenvalue weighted by Crippen LogP contribution is 2.68. The summed E-state index contributed by atoms with van der Waals surface area (Å²) < 4.78 is 15.3. The number of ether oxygens (including phenoxy) is 2. The fourth-order valence-electron chi connectivity index (χ4n) is 12.5. The third-order valence-electron chi connectivity index (χ3n) is 14.7. The lowest BCUT2D eigenvalue weighted by Gasteiger charge is -2.62. The van der Waals surface area contributed by atoms with Crippen molar-refractivity contribution in [3.05, 3.63) is 0 Å². The first-order valence-electron chi connectivity index (χ1n) is 19.4. The molecule has 0 aromatic rings. The second-order valence-electron chi connectivity index (χ2n) is 18.1. The van der Waals surface area contributed by atoms with E-state index >= 15 is 0 Å². The summed E-state index contributed by atoms with van der Waals surface area (Å²) in [6.07, 6.45) is 19.2. The molecular weight excluding hydrogens is 528 g/mol. The van der Waals surface area contributed by atoms with Crippen molar-refractivity contribution in [1.29, 1.82) is 0 Å². The summed E-state index contributed by atoms with van der Waals surface area (Å²) in [6, 6.07) is 1.35. The quantitative estimate of drug-likeness (QED) is 0.248. The zero-order valence-corrected chi connectivity index (χ0v) is 29.6. The zero-order valence-electron chi connectivity index (χ0n) is 29.6. The summed E-state index contributed by atoms with van der Waals surface area (Å²) >= 11 is 0. The Bertz CT molecular complexity index is 909. The number of quaternary nitrogens is 1. The molecule has 4 nitrogen and oxygen atoms in total. The van der Waals surface area contributed by atoms with Gasteiger partial charge in [0.05, 0.1) is 25.7 Å². The molecule has 0 aromatic carbocycles. The predicted molar refractivity (Wildman–Crippen MR) is 179 cm³/mol. The third-order valence-corrected chi connectivity index (χ3v) is 14.7. The van der Waals surface area contributed by atoms with Crippen LogP contribution in [-0.2, 0) is 9.47 Å². The Morgan fingerprint density at radius 3 is 2.12 bits per heavy atom. The van der Waals surface area contributed by atoms with Crippen LogP contribution in [0.3, 0.4) is 0 Å². The monoisotopic (exact) mass is 600 g/mol. The van der Waals surface area contributed by atoms with E-state index in [9.17, 15) is 0 Å². The molecule has 2 aliphatic heterocycles. The van der Waals surface area contributed by atoms with Crippen LogP contribution < -0.4 is 0 Å². The number of nitrogens with zero attached hydrogens (tertiary/aromatic N) is 2. The molecule has 248 valence electrons. The number of rotatable bonds is 9. The second-order valence-corrected chi connectivity index (χ2v) is 18.1. The molecule has 0 bridgehead atoms. The average molecular weight is 600 g/mol. The molecule has 0 spiro atoms. The SMILES string of the molecule is CC[N+]1(C2C[C@H]3[C@@H]4CCC5CC(OCC(C)C)C(N6CCCCC6)C[C@]5(C)[C@@H]4CC[C@]3(C)C2OCC(C)C)CCCCC1. The molecule has 43 heavy (non-hydrogen) atoms. The number of fused-ring (bicyclic) bond motifs is 5. The Labute approximate surface area is 267 Å². The van der Waals surface area contributed by atoms with Gasteiger partial charge in [0.1, 0.15) is 12.1 Å². The minimum Gasteiger partial charge on any atom is -0.376 e. The van der Waals surface area contributed by atoms with E-state index in [0.717, 1.165) is 36.9 Å². The van der Waals surface area contributed by atoms with Crippen molar-refractivity contribution in [2.75, 3.05) is 45.9 Å². The summed E-state index contributed by atoms with van der Waals surface area (Å²) in [7, 11) is 0. The smallest absolute Gasteiger partial charge is 0.116 e. The van der Waals surface area contributed by atoms with Gasteiger partial charge < -0.3 is 14.0 Å². The van der Waals surface area contributed by atoms with Crippen LogP contribution in [-0.4, -0.2) is 79.6 Å². The van der Waals surface area contributed by atoms with Gasteiger partial charge in [-0.25, -0.2) is 0 Å². The molecule has 5 unspecified atom stereocenters. The van der Waals surface area contributed by atoms with Gasteiger partial charge in [0.25, 0.3) is 0 Å². The largest absolute Gasteiger partial charge is 0.376 e. The number of piperidine rings is 2. The van der Waals surface area contributed by atoms with E-state index in [-0.39, 0.29) is 0 Å². The van der Waals surface area contributed by atoms with Crippen molar-refractivity contribution >= 4 is 0 Å². The summed E-state index contributed by atoms with van der Waals surface area (Å²) in [6.45, 7) is 26.0. The van der Waals surface area contributed by atoms with Crippen LogP contribution in [0.4, 0.5) is 0 Å². The van der Waals surface area contributed by atoms with Gasteiger partial charge in [-0.3, -0.25) is 4.90 Å². The summed E-state index contributed by atoms with van der Waals surface area (Å²) in [5, 5.41) is 0. The van der Waals surface area contributed by atoms with E-state index in [4.69, 9.17) is 9.47 Å². The molecule has 0 amide bonds. The summed E-state index contributed by atoms with van der Waals surface area (Å²) in [5.74, 6) is 4.72. The molecule has 4 heteroatoms. The van der Waals surface area contributed by atoms with Gasteiger partial charge >= 0.3 is 0 Å². The molecule has 4 saturated carbocycles. The molecule has 6 fully saturated rings. The fourth-order valence-corrected chi connectivity index (χ4v) is 12.5. The predicted octanol–water partition coefficient (Wildman–Crippen LogP) is 8.58. The lowest BCUT2D eigenvalue weighted by Crippen LogP contribution is -2.62. The first kappa shape index (κ1) is 32.8. The van der Waals surface area contributed by atoms with Crippen LogP contribution >= 0.6 is 0 Å². The molecule has 6 aliphatic rings. The van der Waals surface area contributed by atoms with Crippen LogP contribution in [0.1, 0.15) is 132 Å². The Hall–Kier alpha value is -0.160. The average Bonchev–Trinajstić information content (AvgIpc) is 3.32. The minimum atomic E-state index is 0.353. The van der Waals surface area contributed by atoms with E-state index in [1.165, 1.54) is 121 Å². The van der Waals surface area contributed by atoms with Gasteiger partial charge in [0.15, 0.2) is 0 Å². The number of likely N-dealkylation sites (tertiary alicyclic amines) is 2. The Morgan fingerprint density at radius 2 is 1.44 bits per heavy atom. The van der Waals surface area contributed by atoms with Crippen molar-refractivity contribution in [3.8, 4) is 0 Å². The first-order valence-corrected chi connectivity index (χ1v) is 19.4. The van der Waals surface area contributed by atoms with Crippen molar-refractivity contribution < 1.29 is 14.0 Å². The van der Waals surface area contributed by atoms with Gasteiger partial charge in [0.2, 0.25) is 0 Å². The van der Waals surface area contributed by atoms with Gasteiger partial charge in [-0.05, 0) is 132 Å². The van der Waals surface area contributed by atoms with Crippen molar-refractivity contribution in [3.63, 3.8) is 0 Å². The summed E-state index contributed by atoms with van der Waals surface area (Å²) in [4.78, 5) is 2.90. The maximum Gasteiger partial charge on any atom is 0.116 e. The fraction of sp³-hybridized carbons (Fsp3) is 1.00. The van der Waals surface area contributed by atoms with Crippen LogP contribution in [0.2, 0.25) is 0 Å². The van der Waals surface area contributed by atoms with Gasteiger partial charge in [-0.1, -0.05) is 48.0 Å². The topological polar surface area (TPSA) is 21.7 Å². The molecule has 2 heterocycles. The lowest BCUT2D eigenvalue weighted by atomic mass is 9.44. The van der Waals surface area contributed by atoms with Crippen molar-refractivity contribution in [1.82, 2.24) is 4.90 Å². The second kappa shape index (κ2) is 13.2. The zero-order chi connectivity index (χ0) is 30.4. The van der Waals surface area contributed by atoms with Crippen LogP contribution in [0.15, 0.2) is 0 Å². The molecule has 2 saturated heterocycles. The summed E-state index contributed by atoms with van der Waals surface area (Å²) in [5.41, 5.74) is 0.824. The van der Waals surface area contributed by atoms with Crippen LogP contribution in [0.25, 0.3) is 0 Å². The third kappa shape index (κ3) is 6.04. The Morgan fingerprint density at radius 1 is 0.767 bits per heavy atom. The number of likely N-dealkylation sites (N-methyl/N-ethyl adjacent to an activating group) is 1. The maximum absolute atomic E-state index is 7.16. The number of hydrogen-bond donors (Lipinski definition) is 0. The van der Waals surface area contributed by atoms with E-state index in [2.05, 4.69) is 53.4 Å². The van der Waals surface area contributed by atoms with Gasteiger partial charge in [-0.15, -0.1) is 0 Å². The highest BCUT2D eigenvalue weighted by atomic mass is 16.5. The van der Waals surface area contributed by atoms with Crippen LogP contribution in [0.5, 0.6) is 0 Å². The standard InChI is InChI=1S/C39H71N2O2/c1-8-41(21-13-10-14-22-41)35-24-33-31-16-15-30-23-36(42-26-28(2)3)34(40-19-11-9-12-20-40)25-39(30,7)32(31)17-18-38(33,6)37(35)43-27-29(4)5/h28-37H,8-27H2,1-7H3/q+1/t30?,31-,32-,33+,34?,35?,36?,37?,38+,39+/m1/s1. The molecule has 10 atom stereocenters. The minimum absolute atomic E-state index is 0.353. The Kier molecular flexibility index (Phi) is 10.0. The maximum atomic E-state index is 7.16. The lowest BCUT2D eigenvalue weighted by molar-refractivity contribution is -0.956. The Balaban J connectivity index is 1.28. The molecule has 0 aromatic heterocycles. The first-order chi connectivity index (χ1) is 20.6. The van der Waals surface area contributed by atoms with Crippen molar-refractivity contribution in [2.24, 2.45) is 46.3 Å². The normalized spacial score (nSPS) is 45.1. The molecule has 6 rings (SSSR count). The highest BCUT2D eigenvalue weighted by Gasteiger charge is 2.66. The van der Waals surface area contributed by atoms with Gasteiger partial charge in [-0.2, -0.15) is 0 Å². The van der Waals surface area contributed by atoms with Crippen molar-refractivity contribution in [2.45, 2.75) is 156 Å². The van der Waals surface area contributed by atoms with E-state index < -0.39 is 0 Å². The van der Waals surface area contributed by atoms with E-state index in [1.54, 1.807) is 0 Å². The highest BCUT2D eigenvalue weighted by molar-refractivity contribution is 5.14. The number of hydrogen-bond acceptors (Lipinski definition) is 3. The van der Waals surface area contributed by atoms with Gasteiger partial charge in [0, 0.05) is 31.1 Å². The molecule has 4 aliphatic carbocycles. The molecule has 0 N–H and O–H groups in total. The van der Waals surface area contributed by atoms with E-state index in [1.807, 2.05) is 0 Å². The molecule has 0 radical (unpaired) electrons. The van der Waals surface area contributed by atoms with Crippen LogP contribution in [0, 0.1) is 46.3 Å². The van der Waals surface area contributed by atoms with E-state index in [0.29, 0.717) is 47.0 Å². The molecular formula is C39H71N2O2+.